The first-order valence-corrected chi connectivity index (χ1v) is 5.98. The lowest BCUT2D eigenvalue weighted by atomic mass is 9.86. The minimum Gasteiger partial charge on any atom is -0.335 e. The maximum Gasteiger partial charge on any atom is 0.257 e. The van der Waals surface area contributed by atoms with Gasteiger partial charge in [-0.05, 0) is 24.6 Å². The Labute approximate surface area is 105 Å². The van der Waals surface area contributed by atoms with Crippen molar-refractivity contribution in [2.24, 2.45) is 5.73 Å². The van der Waals surface area contributed by atoms with Gasteiger partial charge in [-0.2, -0.15) is 0 Å². The normalized spacial score (nSPS) is 17.4. The number of carbonyl (C=O) groups is 1. The Morgan fingerprint density at radius 3 is 2.72 bits per heavy atom. The molecular formula is C13H16F2N2O. The highest BCUT2D eigenvalue weighted by atomic mass is 19.1. The van der Waals surface area contributed by atoms with Crippen molar-refractivity contribution in [1.29, 1.82) is 0 Å². The van der Waals surface area contributed by atoms with Crippen molar-refractivity contribution in [3.63, 3.8) is 0 Å². The van der Waals surface area contributed by atoms with E-state index in [9.17, 15) is 13.6 Å². The minimum atomic E-state index is -0.702. The number of likely N-dealkylation sites (tertiary alicyclic amines) is 1. The van der Waals surface area contributed by atoms with E-state index in [4.69, 9.17) is 5.73 Å². The standard InChI is InChI=1S/C13H16F2N2O/c1-2-5-13(16)7-17(8-13)12(18)10-6-9(14)3-4-11(10)15/h3-4,6H,2,5,7-8,16H2,1H3. The molecule has 0 spiro atoms. The number of halogens is 2. The first-order valence-electron chi connectivity index (χ1n) is 5.98. The van der Waals surface area contributed by atoms with Crippen LogP contribution < -0.4 is 5.73 Å². The summed E-state index contributed by atoms with van der Waals surface area (Å²) < 4.78 is 26.4. The zero-order valence-electron chi connectivity index (χ0n) is 10.2. The summed E-state index contributed by atoms with van der Waals surface area (Å²) in [5.41, 5.74) is 5.43. The molecule has 2 N–H and O–H groups in total. The first-order chi connectivity index (χ1) is 8.45. The number of nitrogens with zero attached hydrogens (tertiary/aromatic N) is 1. The van der Waals surface area contributed by atoms with E-state index in [-0.39, 0.29) is 11.1 Å². The zero-order valence-corrected chi connectivity index (χ0v) is 10.2. The molecule has 18 heavy (non-hydrogen) atoms. The van der Waals surface area contributed by atoms with E-state index < -0.39 is 17.5 Å². The Kier molecular flexibility index (Phi) is 3.34. The molecule has 0 aromatic heterocycles. The highest BCUT2D eigenvalue weighted by Crippen LogP contribution is 2.25. The van der Waals surface area contributed by atoms with Crippen molar-refractivity contribution in [3.8, 4) is 0 Å². The van der Waals surface area contributed by atoms with Crippen LogP contribution in [-0.4, -0.2) is 29.4 Å². The molecule has 1 fully saturated rings. The van der Waals surface area contributed by atoms with Crippen LogP contribution in [0, 0.1) is 11.6 Å². The van der Waals surface area contributed by atoms with Crippen LogP contribution in [0.5, 0.6) is 0 Å². The van der Waals surface area contributed by atoms with Crippen molar-refractivity contribution in [2.45, 2.75) is 25.3 Å². The van der Waals surface area contributed by atoms with Crippen LogP contribution in [0.1, 0.15) is 30.1 Å². The molecule has 0 radical (unpaired) electrons. The molecule has 1 aliphatic heterocycles. The fraction of sp³-hybridized carbons (Fsp3) is 0.462. The van der Waals surface area contributed by atoms with Crippen molar-refractivity contribution in [3.05, 3.63) is 35.4 Å². The third-order valence-electron chi connectivity index (χ3n) is 3.21. The molecule has 3 nitrogen and oxygen atoms in total. The largest absolute Gasteiger partial charge is 0.335 e. The van der Waals surface area contributed by atoms with Gasteiger partial charge in [0.2, 0.25) is 0 Å². The first kappa shape index (κ1) is 13.0. The predicted octanol–water partition coefficient (Wildman–Crippen LogP) is 1.92. The number of nitrogens with two attached hydrogens (primary N) is 1. The van der Waals surface area contributed by atoms with Crippen molar-refractivity contribution < 1.29 is 13.6 Å². The third-order valence-corrected chi connectivity index (χ3v) is 3.21. The fourth-order valence-corrected chi connectivity index (χ4v) is 2.35. The molecule has 1 aromatic rings. The van der Waals surface area contributed by atoms with E-state index in [0.717, 1.165) is 31.0 Å². The molecule has 0 saturated carbocycles. The lowest BCUT2D eigenvalue weighted by Crippen LogP contribution is -2.68. The van der Waals surface area contributed by atoms with E-state index in [2.05, 4.69) is 0 Å². The summed E-state index contributed by atoms with van der Waals surface area (Å²) >= 11 is 0. The molecule has 98 valence electrons. The molecular weight excluding hydrogens is 238 g/mol. The average molecular weight is 254 g/mol. The zero-order chi connectivity index (χ0) is 13.3. The SMILES string of the molecule is CCCC1(N)CN(C(=O)c2cc(F)ccc2F)C1. The van der Waals surface area contributed by atoms with Crippen molar-refractivity contribution >= 4 is 5.91 Å². The van der Waals surface area contributed by atoms with Gasteiger partial charge in [0.05, 0.1) is 11.1 Å². The van der Waals surface area contributed by atoms with Crippen molar-refractivity contribution in [1.82, 2.24) is 4.90 Å². The van der Waals surface area contributed by atoms with Gasteiger partial charge in [0.25, 0.3) is 5.91 Å². The van der Waals surface area contributed by atoms with Gasteiger partial charge in [-0.3, -0.25) is 4.79 Å². The van der Waals surface area contributed by atoms with Crippen LogP contribution in [0.4, 0.5) is 8.78 Å². The van der Waals surface area contributed by atoms with Crippen LogP contribution in [0.2, 0.25) is 0 Å². The van der Waals surface area contributed by atoms with Gasteiger partial charge < -0.3 is 10.6 Å². The van der Waals surface area contributed by atoms with Gasteiger partial charge in [0, 0.05) is 13.1 Å². The van der Waals surface area contributed by atoms with Gasteiger partial charge in [0.15, 0.2) is 0 Å². The number of rotatable bonds is 3. The van der Waals surface area contributed by atoms with Crippen LogP contribution in [0.25, 0.3) is 0 Å². The summed E-state index contributed by atoms with van der Waals surface area (Å²) in [5.74, 6) is -1.82. The number of hydrogen-bond donors (Lipinski definition) is 1. The molecule has 1 aromatic carbocycles. The quantitative estimate of drug-likeness (QED) is 0.895. The second kappa shape index (κ2) is 4.65. The Bertz CT molecular complexity index is 470. The molecule has 2 rings (SSSR count). The van der Waals surface area contributed by atoms with E-state index >= 15 is 0 Å². The fourth-order valence-electron chi connectivity index (χ4n) is 2.35. The molecule has 0 aliphatic carbocycles. The number of amides is 1. The van der Waals surface area contributed by atoms with E-state index in [1.54, 1.807) is 0 Å². The van der Waals surface area contributed by atoms with Gasteiger partial charge >= 0.3 is 0 Å². The molecule has 1 amide bonds. The summed E-state index contributed by atoms with van der Waals surface area (Å²) in [6.07, 6.45) is 1.76. The van der Waals surface area contributed by atoms with E-state index in [1.807, 2.05) is 6.92 Å². The lowest BCUT2D eigenvalue weighted by molar-refractivity contribution is 0.0381. The number of benzene rings is 1. The van der Waals surface area contributed by atoms with Gasteiger partial charge in [-0.15, -0.1) is 0 Å². The van der Waals surface area contributed by atoms with Crippen LogP contribution in [-0.2, 0) is 0 Å². The molecule has 0 atom stereocenters. The van der Waals surface area contributed by atoms with Crippen LogP contribution in [0.15, 0.2) is 18.2 Å². The Morgan fingerprint density at radius 1 is 1.44 bits per heavy atom. The predicted molar refractivity (Wildman–Crippen MR) is 64.1 cm³/mol. The monoisotopic (exact) mass is 254 g/mol. The minimum absolute atomic E-state index is 0.228. The van der Waals surface area contributed by atoms with Crippen LogP contribution >= 0.6 is 0 Å². The summed E-state index contributed by atoms with van der Waals surface area (Å²) in [6.45, 7) is 2.82. The Morgan fingerprint density at radius 2 is 2.11 bits per heavy atom. The maximum atomic E-state index is 13.4. The smallest absolute Gasteiger partial charge is 0.257 e. The summed E-state index contributed by atoms with van der Waals surface area (Å²) in [4.78, 5) is 13.4. The highest BCUT2D eigenvalue weighted by molar-refractivity contribution is 5.95. The molecule has 1 aliphatic rings. The number of carbonyl (C=O) groups excluding carboxylic acids is 1. The highest BCUT2D eigenvalue weighted by Gasteiger charge is 2.41. The van der Waals surface area contributed by atoms with E-state index in [0.29, 0.717) is 13.1 Å². The van der Waals surface area contributed by atoms with Gasteiger partial charge in [0.1, 0.15) is 11.6 Å². The Balaban J connectivity index is 2.08. The second-order valence-corrected chi connectivity index (χ2v) is 4.90. The molecule has 0 bridgehead atoms. The molecule has 1 heterocycles. The van der Waals surface area contributed by atoms with E-state index in [1.165, 1.54) is 4.90 Å². The second-order valence-electron chi connectivity index (χ2n) is 4.90. The van der Waals surface area contributed by atoms with Crippen molar-refractivity contribution in [2.75, 3.05) is 13.1 Å². The Hall–Kier alpha value is -1.49. The maximum absolute atomic E-state index is 13.4. The van der Waals surface area contributed by atoms with Gasteiger partial charge in [-0.25, -0.2) is 8.78 Å². The molecule has 0 unspecified atom stereocenters. The molecule has 1 saturated heterocycles. The topological polar surface area (TPSA) is 46.3 Å². The summed E-state index contributed by atoms with van der Waals surface area (Å²) in [5, 5.41) is 0. The third kappa shape index (κ3) is 2.36. The lowest BCUT2D eigenvalue weighted by Gasteiger charge is -2.47. The average Bonchev–Trinajstić information content (AvgIpc) is 2.28. The van der Waals surface area contributed by atoms with Gasteiger partial charge in [-0.1, -0.05) is 13.3 Å². The van der Waals surface area contributed by atoms with Crippen LogP contribution in [0.3, 0.4) is 0 Å². The number of hydrogen-bond acceptors (Lipinski definition) is 2. The summed E-state index contributed by atoms with van der Waals surface area (Å²) in [7, 11) is 0. The molecule has 5 heteroatoms. The summed E-state index contributed by atoms with van der Waals surface area (Å²) in [6, 6.07) is 2.88.